The van der Waals surface area contributed by atoms with Gasteiger partial charge in [0.05, 0.1) is 5.25 Å². The Morgan fingerprint density at radius 1 is 1.39 bits per heavy atom. The average molecular weight is 335 g/mol. The van der Waals surface area contributed by atoms with Crippen molar-refractivity contribution in [3.8, 4) is 0 Å². The molecule has 1 heterocycles. The zero-order valence-electron chi connectivity index (χ0n) is 13.5. The fraction of sp³-hybridized carbons (Fsp3) is 0.438. The number of aromatic amines is 1. The smallest absolute Gasteiger partial charge is 0.343 e. The van der Waals surface area contributed by atoms with E-state index in [0.717, 1.165) is 5.56 Å². The van der Waals surface area contributed by atoms with E-state index in [1.807, 2.05) is 38.1 Å². The van der Waals surface area contributed by atoms with Gasteiger partial charge in [0.25, 0.3) is 0 Å². The van der Waals surface area contributed by atoms with Crippen molar-refractivity contribution in [2.45, 2.75) is 37.2 Å². The van der Waals surface area contributed by atoms with E-state index < -0.39 is 0 Å². The maximum atomic E-state index is 12.5. The first-order valence-electron chi connectivity index (χ1n) is 7.44. The number of nitrogens with one attached hydrogen (secondary N) is 1. The second-order valence-electron chi connectivity index (χ2n) is 5.30. The lowest BCUT2D eigenvalue weighted by Gasteiger charge is -2.11. The number of ether oxygens (including phenoxy) is 1. The Labute approximate surface area is 139 Å². The molecule has 1 aromatic carbocycles. The molecule has 2 aromatic rings. The predicted molar refractivity (Wildman–Crippen MR) is 90.2 cm³/mol. The molecule has 0 aliphatic rings. The summed E-state index contributed by atoms with van der Waals surface area (Å²) in [5.74, 6) is 0.0221. The molecule has 1 N–H and O–H groups in total. The minimum Gasteiger partial charge on any atom is -0.385 e. The number of ketones is 1. The molecule has 6 nitrogen and oxygen atoms in total. The van der Waals surface area contributed by atoms with Crippen LogP contribution in [0.4, 0.5) is 0 Å². The van der Waals surface area contributed by atoms with Crippen molar-refractivity contribution in [2.75, 3.05) is 13.7 Å². The number of benzene rings is 1. The number of Topliss-reactive ketones (excluding diaryl/α,β-unsaturated/α-hetero) is 1. The fourth-order valence-corrected chi connectivity index (χ4v) is 3.08. The first kappa shape index (κ1) is 17.5. The van der Waals surface area contributed by atoms with Gasteiger partial charge in [0, 0.05) is 25.8 Å². The maximum Gasteiger partial charge on any atom is 0.343 e. The van der Waals surface area contributed by atoms with Gasteiger partial charge in [-0.25, -0.2) is 9.89 Å². The van der Waals surface area contributed by atoms with Crippen LogP contribution >= 0.6 is 11.8 Å². The summed E-state index contributed by atoms with van der Waals surface area (Å²) in [6.07, 6.45) is 0.712. The minimum absolute atomic E-state index is 0.0221. The lowest BCUT2D eigenvalue weighted by Crippen LogP contribution is -2.20. The number of methoxy groups -OCH3 is 1. The largest absolute Gasteiger partial charge is 0.385 e. The van der Waals surface area contributed by atoms with Crippen LogP contribution in [0.3, 0.4) is 0 Å². The summed E-state index contributed by atoms with van der Waals surface area (Å²) in [6, 6.07) is 7.48. The highest BCUT2D eigenvalue weighted by molar-refractivity contribution is 8.00. The molecule has 1 aromatic heterocycles. The van der Waals surface area contributed by atoms with Crippen LogP contribution in [0.2, 0.25) is 0 Å². The number of carbonyl (C=O) groups excluding carboxylic acids is 1. The quantitative estimate of drug-likeness (QED) is 0.455. The molecule has 0 bridgehead atoms. The monoisotopic (exact) mass is 335 g/mol. The van der Waals surface area contributed by atoms with E-state index in [2.05, 4.69) is 10.2 Å². The standard InChI is InChI=1S/C16H21N3O3S/c1-11-5-7-13(8-6-11)14(20)12(2)23-16-18-17-15(21)19(16)9-4-10-22-3/h5-8,12H,4,9-10H2,1-3H3,(H,17,21). The van der Waals surface area contributed by atoms with Gasteiger partial charge in [-0.05, 0) is 20.3 Å². The number of H-pyrrole nitrogens is 1. The van der Waals surface area contributed by atoms with Crippen LogP contribution in [0.15, 0.2) is 34.2 Å². The molecule has 0 fully saturated rings. The summed E-state index contributed by atoms with van der Waals surface area (Å²) in [6.45, 7) is 4.89. The Balaban J connectivity index is 2.07. The molecule has 0 saturated heterocycles. The van der Waals surface area contributed by atoms with Crippen molar-refractivity contribution in [1.82, 2.24) is 14.8 Å². The Hall–Kier alpha value is -1.86. The topological polar surface area (TPSA) is 77.0 Å². The summed E-state index contributed by atoms with van der Waals surface area (Å²) in [5.41, 5.74) is 1.51. The Bertz CT molecular complexity index is 706. The van der Waals surface area contributed by atoms with E-state index in [1.54, 1.807) is 11.7 Å². The summed E-state index contributed by atoms with van der Waals surface area (Å²) in [4.78, 5) is 24.3. The molecule has 0 saturated carbocycles. The SMILES string of the molecule is COCCCn1c(SC(C)C(=O)c2ccc(C)cc2)n[nH]c1=O. The van der Waals surface area contributed by atoms with Crippen molar-refractivity contribution in [2.24, 2.45) is 0 Å². The van der Waals surface area contributed by atoms with E-state index in [9.17, 15) is 9.59 Å². The minimum atomic E-state index is -0.325. The van der Waals surface area contributed by atoms with Crippen LogP contribution in [-0.2, 0) is 11.3 Å². The summed E-state index contributed by atoms with van der Waals surface area (Å²) in [7, 11) is 1.62. The van der Waals surface area contributed by atoms with Crippen LogP contribution in [0.5, 0.6) is 0 Å². The maximum absolute atomic E-state index is 12.5. The van der Waals surface area contributed by atoms with Crippen LogP contribution in [0, 0.1) is 6.92 Å². The summed E-state index contributed by atoms with van der Waals surface area (Å²) < 4.78 is 6.54. The third-order valence-electron chi connectivity index (χ3n) is 3.44. The third-order valence-corrected chi connectivity index (χ3v) is 4.53. The van der Waals surface area contributed by atoms with E-state index >= 15 is 0 Å². The first-order valence-corrected chi connectivity index (χ1v) is 8.32. The van der Waals surface area contributed by atoms with Gasteiger partial charge in [0.2, 0.25) is 0 Å². The van der Waals surface area contributed by atoms with Crippen molar-refractivity contribution in [3.63, 3.8) is 0 Å². The number of rotatable bonds is 8. The highest BCUT2D eigenvalue weighted by atomic mass is 32.2. The molecule has 23 heavy (non-hydrogen) atoms. The summed E-state index contributed by atoms with van der Waals surface area (Å²) in [5, 5.41) is 6.66. The van der Waals surface area contributed by atoms with Gasteiger partial charge in [-0.15, -0.1) is 5.10 Å². The average Bonchev–Trinajstić information content (AvgIpc) is 2.88. The number of nitrogens with zero attached hydrogens (tertiary/aromatic N) is 2. The Kier molecular flexibility index (Phi) is 6.18. The number of hydrogen-bond donors (Lipinski definition) is 1. The third kappa shape index (κ3) is 4.56. The number of hydrogen-bond acceptors (Lipinski definition) is 5. The van der Waals surface area contributed by atoms with E-state index in [0.29, 0.717) is 30.3 Å². The van der Waals surface area contributed by atoms with Gasteiger partial charge in [0.15, 0.2) is 10.9 Å². The van der Waals surface area contributed by atoms with Crippen LogP contribution in [0.1, 0.15) is 29.3 Å². The molecule has 1 unspecified atom stereocenters. The lowest BCUT2D eigenvalue weighted by molar-refractivity contribution is 0.0994. The molecule has 0 radical (unpaired) electrons. The van der Waals surface area contributed by atoms with E-state index in [-0.39, 0.29) is 16.7 Å². The van der Waals surface area contributed by atoms with Crippen LogP contribution in [-0.4, -0.2) is 39.5 Å². The van der Waals surface area contributed by atoms with Crippen LogP contribution < -0.4 is 5.69 Å². The molecule has 0 aliphatic heterocycles. The zero-order valence-corrected chi connectivity index (χ0v) is 14.4. The molecule has 0 spiro atoms. The molecule has 124 valence electrons. The number of aryl methyl sites for hydroxylation is 1. The van der Waals surface area contributed by atoms with Gasteiger partial charge in [-0.2, -0.15) is 0 Å². The van der Waals surface area contributed by atoms with Gasteiger partial charge in [-0.1, -0.05) is 41.6 Å². The highest BCUT2D eigenvalue weighted by Gasteiger charge is 2.20. The molecule has 0 aliphatic carbocycles. The lowest BCUT2D eigenvalue weighted by atomic mass is 10.1. The van der Waals surface area contributed by atoms with Gasteiger partial charge in [-0.3, -0.25) is 9.36 Å². The number of carbonyl (C=O) groups is 1. The number of aromatic nitrogens is 3. The van der Waals surface area contributed by atoms with E-state index in [1.165, 1.54) is 11.8 Å². The molecular formula is C16H21N3O3S. The molecular weight excluding hydrogens is 314 g/mol. The summed E-state index contributed by atoms with van der Waals surface area (Å²) >= 11 is 1.29. The van der Waals surface area contributed by atoms with Gasteiger partial charge < -0.3 is 4.74 Å². The second kappa shape index (κ2) is 8.12. The molecule has 1 atom stereocenters. The van der Waals surface area contributed by atoms with Crippen LogP contribution in [0.25, 0.3) is 0 Å². The Morgan fingerprint density at radius 3 is 2.74 bits per heavy atom. The predicted octanol–water partition coefficient (Wildman–Crippen LogP) is 2.28. The van der Waals surface area contributed by atoms with Crippen molar-refractivity contribution in [1.29, 1.82) is 0 Å². The Morgan fingerprint density at radius 2 is 2.09 bits per heavy atom. The van der Waals surface area contributed by atoms with Crippen molar-refractivity contribution >= 4 is 17.5 Å². The van der Waals surface area contributed by atoms with E-state index in [4.69, 9.17) is 4.74 Å². The molecule has 7 heteroatoms. The normalized spacial score (nSPS) is 12.3. The van der Waals surface area contributed by atoms with Gasteiger partial charge in [0.1, 0.15) is 0 Å². The molecule has 2 rings (SSSR count). The van der Waals surface area contributed by atoms with Gasteiger partial charge >= 0.3 is 5.69 Å². The van der Waals surface area contributed by atoms with Crippen molar-refractivity contribution in [3.05, 3.63) is 45.9 Å². The second-order valence-corrected chi connectivity index (χ2v) is 6.61. The first-order chi connectivity index (χ1) is 11.0. The molecule has 0 amide bonds. The zero-order chi connectivity index (χ0) is 16.8. The fourth-order valence-electron chi connectivity index (χ4n) is 2.12. The number of thioether (sulfide) groups is 1. The highest BCUT2D eigenvalue weighted by Crippen LogP contribution is 2.23. The van der Waals surface area contributed by atoms with Crippen molar-refractivity contribution < 1.29 is 9.53 Å².